The van der Waals surface area contributed by atoms with Crippen molar-refractivity contribution in [3.8, 4) is 28.7 Å². The fourth-order valence-electron chi connectivity index (χ4n) is 7.59. The molecule has 0 aliphatic heterocycles. The van der Waals surface area contributed by atoms with Gasteiger partial charge in [-0.1, -0.05) is 126 Å². The molecule has 4 aromatic heterocycles. The normalized spacial score (nSPS) is 13.9. The summed E-state index contributed by atoms with van der Waals surface area (Å²) >= 11 is 0. The van der Waals surface area contributed by atoms with Gasteiger partial charge in [-0.05, 0) is 99.3 Å². The van der Waals surface area contributed by atoms with Gasteiger partial charge < -0.3 is 4.74 Å². The number of imidazole rings is 1. The average Bonchev–Trinajstić information content (AvgIpc) is 3.72. The van der Waals surface area contributed by atoms with Gasteiger partial charge in [0.15, 0.2) is 0 Å². The van der Waals surface area contributed by atoms with E-state index in [1.54, 1.807) is 12.3 Å². The first-order valence-corrected chi connectivity index (χ1v) is 20.2. The van der Waals surface area contributed by atoms with Crippen molar-refractivity contribution in [2.75, 3.05) is 0 Å². The van der Waals surface area contributed by atoms with Crippen LogP contribution in [0, 0.1) is 13.2 Å². The Morgan fingerprint density at radius 3 is 1.88 bits per heavy atom. The molecule has 4 aromatic carbocycles. The molecule has 0 aliphatic carbocycles. The number of nitrogens with zero attached hydrogens (tertiary/aromatic N) is 5. The molecule has 0 saturated heterocycles. The molecule has 0 unspecified atom stereocenters. The van der Waals surface area contributed by atoms with Crippen molar-refractivity contribution in [3.63, 3.8) is 0 Å². The maximum absolute atomic E-state index is 8.49. The van der Waals surface area contributed by atoms with Crippen LogP contribution in [0.2, 0.25) is 0 Å². The molecule has 8 aromatic rings. The van der Waals surface area contributed by atoms with E-state index in [1.807, 2.05) is 47.2 Å². The van der Waals surface area contributed by atoms with E-state index in [1.165, 1.54) is 22.3 Å². The summed E-state index contributed by atoms with van der Waals surface area (Å²) in [4.78, 5) is 9.48. The number of aromatic nitrogens is 5. The topological polar surface area (TPSA) is 48.8 Å². The first-order chi connectivity index (χ1) is 28.4. The highest BCUT2D eigenvalue weighted by Crippen LogP contribution is 2.39. The van der Waals surface area contributed by atoms with Crippen molar-refractivity contribution in [2.45, 2.75) is 112 Å². The molecule has 0 bridgehead atoms. The molecule has 0 spiro atoms. The lowest BCUT2D eigenvalue weighted by Gasteiger charge is -2.26. The molecule has 58 heavy (non-hydrogen) atoms. The third-order valence-corrected chi connectivity index (χ3v) is 11.2. The summed E-state index contributed by atoms with van der Waals surface area (Å²) < 4.78 is 38.4. The number of fused-ring (bicyclic) bond motifs is 4. The number of para-hydroxylation sites is 2. The molecule has 4 heterocycles. The third kappa shape index (κ3) is 7.18. The maximum atomic E-state index is 8.49. The van der Waals surface area contributed by atoms with E-state index in [9.17, 15) is 0 Å². The molecule has 0 N–H and O–H groups in total. The molecule has 0 radical (unpaired) electrons. The van der Waals surface area contributed by atoms with Gasteiger partial charge in [0.05, 0.1) is 39.1 Å². The van der Waals surface area contributed by atoms with Gasteiger partial charge in [-0.25, -0.2) is 4.98 Å². The van der Waals surface area contributed by atoms with Gasteiger partial charge >= 0.3 is 0 Å². The Morgan fingerprint density at radius 1 is 0.603 bits per heavy atom. The number of pyridine rings is 2. The Hall–Kier alpha value is -5.75. The lowest BCUT2D eigenvalue weighted by Crippen LogP contribution is -2.31. The second-order valence-electron chi connectivity index (χ2n) is 19.8. The highest BCUT2D eigenvalue weighted by atomic mass is 16.5. The van der Waals surface area contributed by atoms with Crippen LogP contribution in [0.1, 0.15) is 115 Å². The highest BCUT2D eigenvalue weighted by Gasteiger charge is 2.24. The van der Waals surface area contributed by atoms with Crippen molar-refractivity contribution in [1.29, 1.82) is 0 Å². The van der Waals surface area contributed by atoms with Crippen LogP contribution in [0.5, 0.6) is 11.5 Å². The van der Waals surface area contributed by atoms with Crippen LogP contribution in [-0.2, 0) is 21.7 Å². The smallest absolute Gasteiger partial charge is 0.269 e. The second kappa shape index (κ2) is 13.7. The summed E-state index contributed by atoms with van der Waals surface area (Å²) in [6.45, 7) is 24.1. The SMILES string of the molecule is [2H]C([2H])([2H])c1ncc(-n2[c-][n+](-c3cc(C(C)(C)C)cc(C(C)(C)C)c3)c3ccccc32)cc1Oc1ccc2c3ccc(C(C)(C)C)cc3n(-c3cc(C(C)(C)C)ccn3)c2c1. The van der Waals surface area contributed by atoms with Gasteiger partial charge in [-0.2, -0.15) is 0 Å². The molecule has 0 aliphatic rings. The van der Waals surface area contributed by atoms with E-state index in [2.05, 4.69) is 158 Å². The van der Waals surface area contributed by atoms with Crippen molar-refractivity contribution >= 4 is 32.8 Å². The third-order valence-electron chi connectivity index (χ3n) is 11.2. The average molecular weight is 771 g/mol. The first-order valence-electron chi connectivity index (χ1n) is 21.7. The fourth-order valence-corrected chi connectivity index (χ4v) is 7.59. The van der Waals surface area contributed by atoms with Crippen LogP contribution in [-0.4, -0.2) is 19.1 Å². The number of benzene rings is 4. The Labute approximate surface area is 348 Å². The Morgan fingerprint density at radius 2 is 1.22 bits per heavy atom. The van der Waals surface area contributed by atoms with Crippen LogP contribution in [0.3, 0.4) is 0 Å². The summed E-state index contributed by atoms with van der Waals surface area (Å²) in [6, 6.07) is 33.5. The zero-order chi connectivity index (χ0) is 44.0. The van der Waals surface area contributed by atoms with Crippen LogP contribution >= 0.6 is 0 Å². The Bertz CT molecular complexity index is 2950. The standard InChI is InChI=1S/C52H57N5O/c1-33-47(29-39(31-54-33)56-32-55(43-16-14-15-17-44(43)56)38-25-36(51(8,9)10)24-37(26-38)52(11,12)13)58-40-19-21-42-41-20-18-34(49(2,3)4)27-45(41)57(46(42)30-40)48-28-35(22-23-53-48)50(5,6)7/h14-31H,1-13H3/i1D3. The van der Waals surface area contributed by atoms with Crippen molar-refractivity contribution in [3.05, 3.63) is 144 Å². The zero-order valence-corrected chi connectivity index (χ0v) is 36.0. The van der Waals surface area contributed by atoms with Gasteiger partial charge in [0.25, 0.3) is 6.33 Å². The van der Waals surface area contributed by atoms with Crippen molar-refractivity contribution in [1.82, 2.24) is 19.1 Å². The predicted octanol–water partition coefficient (Wildman–Crippen LogP) is 12.9. The monoisotopic (exact) mass is 770 g/mol. The van der Waals surface area contributed by atoms with Crippen LogP contribution in [0.25, 0.3) is 50.0 Å². The lowest BCUT2D eigenvalue weighted by molar-refractivity contribution is -0.572. The van der Waals surface area contributed by atoms with E-state index in [0.29, 0.717) is 11.4 Å². The second-order valence-corrected chi connectivity index (χ2v) is 19.8. The maximum Gasteiger partial charge on any atom is 0.269 e. The van der Waals surface area contributed by atoms with E-state index in [4.69, 9.17) is 13.8 Å². The van der Waals surface area contributed by atoms with Gasteiger partial charge in [0, 0.05) is 33.3 Å². The molecular formula is C52H57N5O. The van der Waals surface area contributed by atoms with E-state index >= 15 is 0 Å². The molecule has 0 amide bonds. The number of rotatable bonds is 5. The molecule has 0 atom stereocenters. The molecule has 6 nitrogen and oxygen atoms in total. The number of hydrogen-bond acceptors (Lipinski definition) is 3. The van der Waals surface area contributed by atoms with Crippen LogP contribution in [0.15, 0.2) is 109 Å². The molecule has 0 saturated carbocycles. The van der Waals surface area contributed by atoms with Gasteiger partial charge in [-0.3, -0.25) is 18.7 Å². The molecule has 296 valence electrons. The Kier molecular flexibility index (Phi) is 8.36. The minimum absolute atomic E-state index is 0.0678. The van der Waals surface area contributed by atoms with Crippen LogP contribution in [0.4, 0.5) is 0 Å². The van der Waals surface area contributed by atoms with Crippen molar-refractivity contribution < 1.29 is 13.4 Å². The minimum atomic E-state index is -2.54. The summed E-state index contributed by atoms with van der Waals surface area (Å²) in [6.07, 6.45) is 7.08. The predicted molar refractivity (Wildman–Crippen MR) is 240 cm³/mol. The van der Waals surface area contributed by atoms with E-state index < -0.39 is 6.85 Å². The van der Waals surface area contributed by atoms with E-state index in [-0.39, 0.29) is 33.1 Å². The van der Waals surface area contributed by atoms with Gasteiger partial charge in [0.1, 0.15) is 17.3 Å². The zero-order valence-electron chi connectivity index (χ0n) is 39.0. The summed E-state index contributed by atoms with van der Waals surface area (Å²) in [7, 11) is 0. The highest BCUT2D eigenvalue weighted by molar-refractivity contribution is 6.09. The number of aryl methyl sites for hydroxylation is 1. The van der Waals surface area contributed by atoms with Crippen molar-refractivity contribution in [2.24, 2.45) is 0 Å². The summed E-state index contributed by atoms with van der Waals surface area (Å²) in [5.74, 6) is 1.42. The fraction of sp³-hybridized carbons (Fsp3) is 0.327. The number of hydrogen-bond donors (Lipinski definition) is 0. The Balaban J connectivity index is 1.30. The molecular weight excluding hydrogens is 711 g/mol. The molecule has 6 heteroatoms. The largest absolute Gasteiger partial charge is 0.456 e. The summed E-state index contributed by atoms with van der Waals surface area (Å²) in [5.41, 5.74) is 9.82. The first kappa shape index (κ1) is 35.4. The van der Waals surface area contributed by atoms with E-state index in [0.717, 1.165) is 44.3 Å². The summed E-state index contributed by atoms with van der Waals surface area (Å²) in [5, 5.41) is 2.13. The molecule has 8 rings (SSSR count). The minimum Gasteiger partial charge on any atom is -0.456 e. The van der Waals surface area contributed by atoms with Crippen LogP contribution < -0.4 is 9.30 Å². The van der Waals surface area contributed by atoms with Gasteiger partial charge in [0.2, 0.25) is 0 Å². The lowest BCUT2D eigenvalue weighted by atomic mass is 9.80. The van der Waals surface area contributed by atoms with Gasteiger partial charge in [-0.15, -0.1) is 0 Å². The number of ether oxygens (including phenoxy) is 1. The molecule has 0 fully saturated rings. The quantitative estimate of drug-likeness (QED) is 0.129.